The number of rotatable bonds is 14. The highest BCUT2D eigenvalue weighted by Crippen LogP contribution is 2.55. The lowest BCUT2D eigenvalue weighted by molar-refractivity contribution is 0.660. The van der Waals surface area contributed by atoms with Crippen LogP contribution in [0.4, 0.5) is 34.1 Å². The SMILES string of the molecule is CC1(C)c2ccccc2-c2ccc(N(c3ccc(-c4ccc(-c5ccc6sc7ccccc7c6c5)cc4)cc3)c3ccc(-c4ccc(-c5ccc6sc7ccccc7c6c5)cc4)cc3)cc21.CC1(C)c2ccccc2-c2ccc(N(c3ccc(-c4ccc(-c5cccc6c5sc5ccccc56)cc4)cc3)c3ccc(-c4ccc(-c5cccc6c5sc5ccccc56)cc4)cc3)cc21. The number of fused-ring (bicyclic) bond motifs is 18. The molecule has 0 N–H and O–H groups in total. The molecule has 0 bridgehead atoms. The largest absolute Gasteiger partial charge is 0.310 e. The quantitative estimate of drug-likeness (QED) is 0.107. The molecule has 0 unspecified atom stereocenters. The summed E-state index contributed by atoms with van der Waals surface area (Å²) in [5, 5.41) is 10.6. The maximum Gasteiger partial charge on any atom is 0.0465 e. The fourth-order valence-electron chi connectivity index (χ4n) is 20.9. The van der Waals surface area contributed by atoms with Gasteiger partial charge in [0.05, 0.1) is 0 Å². The van der Waals surface area contributed by atoms with Crippen molar-refractivity contribution in [3.05, 3.63) is 471 Å². The predicted molar refractivity (Wildman–Crippen MR) is 572 cm³/mol. The Morgan fingerprint density at radius 2 is 0.379 bits per heavy atom. The molecule has 0 saturated heterocycles. The van der Waals surface area contributed by atoms with Gasteiger partial charge in [0.2, 0.25) is 0 Å². The summed E-state index contributed by atoms with van der Waals surface area (Å²) in [6.45, 7) is 9.43. The third-order valence-corrected chi connectivity index (χ3v) is 32.6. The first-order chi connectivity index (χ1) is 64.9. The Labute approximate surface area is 784 Å². The van der Waals surface area contributed by atoms with Gasteiger partial charge >= 0.3 is 0 Å². The van der Waals surface area contributed by atoms with Crippen molar-refractivity contribution in [3.63, 3.8) is 0 Å². The van der Waals surface area contributed by atoms with Crippen LogP contribution in [0, 0.1) is 0 Å². The molecule has 0 aliphatic heterocycles. The average molecular weight is 1760 g/mol. The van der Waals surface area contributed by atoms with Crippen molar-refractivity contribution in [3.8, 4) is 111 Å². The second-order valence-electron chi connectivity index (χ2n) is 36.1. The lowest BCUT2D eigenvalue weighted by atomic mass is 9.82. The molecule has 4 aromatic heterocycles. The Bertz CT molecular complexity index is 8240. The fraction of sp³-hybridized carbons (Fsp3) is 0.0476. The van der Waals surface area contributed by atoms with E-state index in [-0.39, 0.29) is 10.8 Å². The summed E-state index contributed by atoms with van der Waals surface area (Å²) in [7, 11) is 0. The van der Waals surface area contributed by atoms with Crippen LogP contribution < -0.4 is 9.80 Å². The summed E-state index contributed by atoms with van der Waals surface area (Å²) in [6, 6.07) is 166. The number of nitrogens with zero attached hydrogens (tertiary/aromatic N) is 2. The van der Waals surface area contributed by atoms with Crippen LogP contribution in [0.5, 0.6) is 0 Å². The Kier molecular flexibility index (Phi) is 19.1. The third kappa shape index (κ3) is 13.6. The summed E-state index contributed by atoms with van der Waals surface area (Å²) < 4.78 is 10.7. The molecule has 624 valence electrons. The second kappa shape index (κ2) is 31.9. The van der Waals surface area contributed by atoms with E-state index in [4.69, 9.17) is 0 Å². The van der Waals surface area contributed by atoms with Crippen LogP contribution in [0.25, 0.3) is 192 Å². The molecule has 2 nitrogen and oxygen atoms in total. The molecule has 0 fully saturated rings. The number of hydrogen-bond acceptors (Lipinski definition) is 6. The molecular weight excluding hydrogens is 1670 g/mol. The van der Waals surface area contributed by atoms with Gasteiger partial charge in [0, 0.05) is 126 Å². The molecule has 6 heteroatoms. The third-order valence-electron chi connectivity index (χ3n) is 27.9. The van der Waals surface area contributed by atoms with E-state index >= 15 is 0 Å². The molecule has 20 aromatic carbocycles. The molecule has 0 radical (unpaired) electrons. The number of benzene rings is 20. The van der Waals surface area contributed by atoms with Gasteiger partial charge in [0.25, 0.3) is 0 Å². The highest BCUT2D eigenvalue weighted by atomic mass is 32.1. The van der Waals surface area contributed by atoms with Crippen LogP contribution in [0.1, 0.15) is 49.9 Å². The summed E-state index contributed by atoms with van der Waals surface area (Å²) in [5.41, 5.74) is 36.9. The van der Waals surface area contributed by atoms with Gasteiger partial charge in [-0.1, -0.05) is 355 Å². The molecule has 0 amide bonds. The van der Waals surface area contributed by atoms with E-state index in [0.717, 1.165) is 34.1 Å². The normalized spacial score (nSPS) is 12.8. The van der Waals surface area contributed by atoms with Gasteiger partial charge in [-0.15, -0.1) is 45.3 Å². The topological polar surface area (TPSA) is 6.48 Å². The summed E-state index contributed by atoms with van der Waals surface area (Å²) in [6.07, 6.45) is 0. The van der Waals surface area contributed by atoms with Crippen molar-refractivity contribution >= 4 is 160 Å². The van der Waals surface area contributed by atoms with Gasteiger partial charge in [-0.3, -0.25) is 0 Å². The zero-order chi connectivity index (χ0) is 87.9. The van der Waals surface area contributed by atoms with Gasteiger partial charge in [0.1, 0.15) is 0 Å². The Hall–Kier alpha value is -15.1. The Balaban J connectivity index is 0.000000142. The minimum absolute atomic E-state index is 0.105. The minimum Gasteiger partial charge on any atom is -0.310 e. The number of thiophene rings is 4. The molecule has 2 aliphatic carbocycles. The zero-order valence-corrected chi connectivity index (χ0v) is 76.5. The maximum atomic E-state index is 2.42. The lowest BCUT2D eigenvalue weighted by Crippen LogP contribution is -2.16. The first-order valence-corrected chi connectivity index (χ1v) is 48.7. The van der Waals surface area contributed by atoms with Crippen LogP contribution in [0.2, 0.25) is 0 Å². The molecule has 2 aliphatic rings. The average Bonchev–Trinajstić information content (AvgIpc) is 1.58. The number of anilines is 6. The highest BCUT2D eigenvalue weighted by molar-refractivity contribution is 7.27. The fourth-order valence-corrected chi connectivity index (χ4v) is 25.6. The maximum absolute atomic E-state index is 2.42. The molecule has 0 atom stereocenters. The first kappa shape index (κ1) is 79.1. The van der Waals surface area contributed by atoms with E-state index in [2.05, 4.69) is 486 Å². The molecular formula is C126H86N2S4. The van der Waals surface area contributed by atoms with Crippen molar-refractivity contribution in [2.45, 2.75) is 38.5 Å². The van der Waals surface area contributed by atoms with Crippen LogP contribution >= 0.6 is 45.3 Å². The van der Waals surface area contributed by atoms with Crippen molar-refractivity contribution < 1.29 is 0 Å². The van der Waals surface area contributed by atoms with Crippen molar-refractivity contribution in [2.75, 3.05) is 9.80 Å². The molecule has 24 aromatic rings. The first-order valence-electron chi connectivity index (χ1n) is 45.4. The molecule has 4 heterocycles. The Morgan fingerprint density at radius 3 is 0.712 bits per heavy atom. The summed E-state index contributed by atoms with van der Waals surface area (Å²) >= 11 is 7.49. The van der Waals surface area contributed by atoms with Crippen LogP contribution in [-0.4, -0.2) is 0 Å². The summed E-state index contributed by atoms with van der Waals surface area (Å²) in [5.74, 6) is 0. The highest BCUT2D eigenvalue weighted by Gasteiger charge is 2.38. The molecule has 0 saturated carbocycles. The van der Waals surface area contributed by atoms with E-state index in [1.54, 1.807) is 0 Å². The Morgan fingerprint density at radius 1 is 0.152 bits per heavy atom. The molecule has 26 rings (SSSR count). The van der Waals surface area contributed by atoms with E-state index in [9.17, 15) is 0 Å². The number of hydrogen-bond donors (Lipinski definition) is 0. The van der Waals surface area contributed by atoms with Gasteiger partial charge < -0.3 is 9.80 Å². The molecule has 132 heavy (non-hydrogen) atoms. The van der Waals surface area contributed by atoms with Crippen LogP contribution in [-0.2, 0) is 10.8 Å². The van der Waals surface area contributed by atoms with E-state index in [1.807, 2.05) is 45.3 Å². The predicted octanol–water partition coefficient (Wildman–Crippen LogP) is 37.7. The standard InChI is InChI=1S/2C63H43NS2/c1-63(2)57-18-6-3-11-51(57)52-38-37-48(39-58(52)63)64(46-33-29-42(30-34-46)40-21-25-44(26-22-40)49-14-9-16-55-53-12-4-7-19-59(53)65-61(49)55)47-35-31-43(32-36-47)41-23-27-45(28-24-41)50-15-10-17-56-54-13-5-8-20-60(54)66-62(50)56;1-63(2)57-12-6-3-9-51(57)52-34-33-50(39-58(52)63)64(48-29-23-42(24-30-48)40-15-19-44(20-16-40)46-27-35-61-55(37-46)53-10-4-7-13-59(53)65-61)49-31-25-43(26-32-49)41-17-21-45(22-18-41)47-28-36-62-56(38-47)54-11-5-8-14-60(54)66-62/h2*3-39H,1-2H3. The van der Waals surface area contributed by atoms with Gasteiger partial charge in [-0.2, -0.15) is 0 Å². The van der Waals surface area contributed by atoms with Gasteiger partial charge in [0.15, 0.2) is 0 Å². The molecule has 0 spiro atoms. The van der Waals surface area contributed by atoms with Crippen molar-refractivity contribution in [1.82, 2.24) is 0 Å². The van der Waals surface area contributed by atoms with Gasteiger partial charge in [-0.05, 0) is 255 Å². The van der Waals surface area contributed by atoms with Crippen LogP contribution in [0.15, 0.2) is 449 Å². The lowest BCUT2D eigenvalue weighted by Gasteiger charge is -2.28. The van der Waals surface area contributed by atoms with Crippen molar-refractivity contribution in [1.29, 1.82) is 0 Å². The van der Waals surface area contributed by atoms with E-state index in [1.165, 1.54) is 214 Å². The zero-order valence-electron chi connectivity index (χ0n) is 73.3. The van der Waals surface area contributed by atoms with Crippen molar-refractivity contribution in [2.24, 2.45) is 0 Å². The van der Waals surface area contributed by atoms with Gasteiger partial charge in [-0.25, -0.2) is 0 Å². The van der Waals surface area contributed by atoms with E-state index in [0.29, 0.717) is 0 Å². The smallest absolute Gasteiger partial charge is 0.0465 e. The second-order valence-corrected chi connectivity index (χ2v) is 40.4. The van der Waals surface area contributed by atoms with Crippen LogP contribution in [0.3, 0.4) is 0 Å². The minimum atomic E-state index is -0.107. The summed E-state index contributed by atoms with van der Waals surface area (Å²) in [4.78, 5) is 4.82. The van der Waals surface area contributed by atoms with E-state index < -0.39 is 0 Å². The monoisotopic (exact) mass is 1750 g/mol.